The van der Waals surface area contributed by atoms with Crippen molar-refractivity contribution in [2.45, 2.75) is 85.5 Å². The van der Waals surface area contributed by atoms with E-state index in [-0.39, 0.29) is 0 Å². The van der Waals surface area contributed by atoms with Crippen LogP contribution in [0.4, 0.5) is 5.82 Å². The summed E-state index contributed by atoms with van der Waals surface area (Å²) in [7, 11) is 0. The average Bonchev–Trinajstić information content (AvgIpc) is 2.63. The first-order valence-corrected chi connectivity index (χ1v) is 10.8. The Bertz CT molecular complexity index is 607. The third kappa shape index (κ3) is 6.18. The molecular weight excluding hydrogens is 336 g/mol. The van der Waals surface area contributed by atoms with Crippen molar-refractivity contribution in [3.63, 3.8) is 0 Å². The maximum atomic E-state index is 12.5. The Morgan fingerprint density at radius 3 is 2.22 bits per heavy atom. The molecule has 152 valence electrons. The number of aromatic nitrogens is 2. The number of rotatable bonds is 9. The van der Waals surface area contributed by atoms with Crippen LogP contribution >= 0.6 is 0 Å². The summed E-state index contributed by atoms with van der Waals surface area (Å²) in [6, 6.07) is 0. The summed E-state index contributed by atoms with van der Waals surface area (Å²) in [6.45, 7) is 14.0. The monoisotopic (exact) mass is 374 g/mol. The van der Waals surface area contributed by atoms with Crippen molar-refractivity contribution >= 4 is 11.7 Å². The van der Waals surface area contributed by atoms with E-state index < -0.39 is 0 Å². The molecule has 0 atom stereocenters. The highest BCUT2D eigenvalue weighted by Crippen LogP contribution is 2.29. The standard InChI is InChI=1S/C22H38N4O/c1-6-7-8-9-10-11-12-20(27)25-13-15-26(16-14-25)22-21(17(2)3)18(4)23-19(5)24-22/h17H,6-16H2,1-5H3. The fraction of sp³-hybridized carbons (Fsp3) is 0.773. The van der Waals surface area contributed by atoms with E-state index in [1.807, 2.05) is 11.8 Å². The minimum Gasteiger partial charge on any atom is -0.353 e. The van der Waals surface area contributed by atoms with Gasteiger partial charge in [0, 0.05) is 43.9 Å². The molecule has 0 aliphatic carbocycles. The Hall–Kier alpha value is -1.65. The number of carbonyl (C=O) groups excluding carboxylic acids is 1. The Morgan fingerprint density at radius 2 is 1.59 bits per heavy atom. The number of hydrogen-bond donors (Lipinski definition) is 0. The van der Waals surface area contributed by atoms with Crippen LogP contribution in [0.3, 0.4) is 0 Å². The molecule has 0 unspecified atom stereocenters. The molecule has 1 aliphatic rings. The number of aryl methyl sites for hydroxylation is 2. The summed E-state index contributed by atoms with van der Waals surface area (Å²) >= 11 is 0. The lowest BCUT2D eigenvalue weighted by Crippen LogP contribution is -2.49. The molecular formula is C22H38N4O. The zero-order valence-corrected chi connectivity index (χ0v) is 18.1. The van der Waals surface area contributed by atoms with Gasteiger partial charge in [-0.3, -0.25) is 4.79 Å². The van der Waals surface area contributed by atoms with Crippen molar-refractivity contribution < 1.29 is 4.79 Å². The van der Waals surface area contributed by atoms with E-state index >= 15 is 0 Å². The van der Waals surface area contributed by atoms with Crippen LogP contribution in [0, 0.1) is 13.8 Å². The van der Waals surface area contributed by atoms with Crippen LogP contribution in [0.25, 0.3) is 0 Å². The van der Waals surface area contributed by atoms with E-state index in [0.29, 0.717) is 18.2 Å². The summed E-state index contributed by atoms with van der Waals surface area (Å²) in [6.07, 6.45) is 8.07. The summed E-state index contributed by atoms with van der Waals surface area (Å²) in [5.41, 5.74) is 2.32. The van der Waals surface area contributed by atoms with Crippen molar-refractivity contribution in [3.8, 4) is 0 Å². The van der Waals surface area contributed by atoms with E-state index in [4.69, 9.17) is 4.98 Å². The first-order chi connectivity index (χ1) is 12.9. The molecule has 0 saturated carbocycles. The van der Waals surface area contributed by atoms with E-state index in [1.165, 1.54) is 37.7 Å². The zero-order valence-electron chi connectivity index (χ0n) is 18.1. The van der Waals surface area contributed by atoms with Gasteiger partial charge in [-0.2, -0.15) is 0 Å². The summed E-state index contributed by atoms with van der Waals surface area (Å²) in [5, 5.41) is 0. The molecule has 2 rings (SSSR count). The van der Waals surface area contributed by atoms with Crippen molar-refractivity contribution in [1.29, 1.82) is 0 Å². The number of carbonyl (C=O) groups is 1. The third-order valence-electron chi connectivity index (χ3n) is 5.48. The van der Waals surface area contributed by atoms with Crippen LogP contribution in [0.2, 0.25) is 0 Å². The highest BCUT2D eigenvalue weighted by Gasteiger charge is 2.25. The third-order valence-corrected chi connectivity index (χ3v) is 5.48. The van der Waals surface area contributed by atoms with Crippen LogP contribution in [0.1, 0.15) is 88.7 Å². The molecule has 1 aromatic heterocycles. The maximum absolute atomic E-state index is 12.5. The van der Waals surface area contributed by atoms with Gasteiger partial charge in [0.05, 0.1) is 0 Å². The maximum Gasteiger partial charge on any atom is 0.222 e. The molecule has 1 aromatic rings. The fourth-order valence-corrected chi connectivity index (χ4v) is 4.00. The van der Waals surface area contributed by atoms with E-state index in [1.54, 1.807) is 0 Å². The first-order valence-electron chi connectivity index (χ1n) is 10.8. The van der Waals surface area contributed by atoms with Crippen LogP contribution in [-0.2, 0) is 4.79 Å². The molecule has 0 aromatic carbocycles. The molecule has 1 aliphatic heterocycles. The molecule has 2 heterocycles. The molecule has 0 radical (unpaired) electrons. The number of unbranched alkanes of at least 4 members (excludes halogenated alkanes) is 5. The van der Waals surface area contributed by atoms with Crippen LogP contribution < -0.4 is 4.90 Å². The lowest BCUT2D eigenvalue weighted by atomic mass is 10.0. The van der Waals surface area contributed by atoms with Gasteiger partial charge in [-0.05, 0) is 26.2 Å². The number of piperazine rings is 1. The van der Waals surface area contributed by atoms with Gasteiger partial charge >= 0.3 is 0 Å². The van der Waals surface area contributed by atoms with Gasteiger partial charge in [0.15, 0.2) is 0 Å². The second-order valence-electron chi connectivity index (χ2n) is 8.13. The van der Waals surface area contributed by atoms with Gasteiger partial charge in [0.25, 0.3) is 0 Å². The second kappa shape index (κ2) is 10.6. The van der Waals surface area contributed by atoms with Crippen LogP contribution in [0.5, 0.6) is 0 Å². The molecule has 1 fully saturated rings. The number of amides is 1. The topological polar surface area (TPSA) is 49.3 Å². The highest BCUT2D eigenvalue weighted by atomic mass is 16.2. The number of nitrogens with zero attached hydrogens (tertiary/aromatic N) is 4. The Morgan fingerprint density at radius 1 is 0.963 bits per heavy atom. The minimum atomic E-state index is 0.323. The number of anilines is 1. The molecule has 1 amide bonds. The molecule has 1 saturated heterocycles. The molecule has 5 nitrogen and oxygen atoms in total. The summed E-state index contributed by atoms with van der Waals surface area (Å²) in [4.78, 5) is 26.2. The SMILES string of the molecule is CCCCCCCCC(=O)N1CCN(c2nc(C)nc(C)c2C(C)C)CC1. The quantitative estimate of drug-likeness (QED) is 0.592. The average molecular weight is 375 g/mol. The van der Waals surface area contributed by atoms with Crippen molar-refractivity contribution in [3.05, 3.63) is 17.1 Å². The summed E-state index contributed by atoms with van der Waals surface area (Å²) in [5.74, 6) is 2.61. The Kier molecular flexibility index (Phi) is 8.52. The van der Waals surface area contributed by atoms with Crippen LogP contribution in [-0.4, -0.2) is 47.0 Å². The molecule has 0 N–H and O–H groups in total. The largest absolute Gasteiger partial charge is 0.353 e. The van der Waals surface area contributed by atoms with Gasteiger partial charge in [0.1, 0.15) is 11.6 Å². The van der Waals surface area contributed by atoms with Gasteiger partial charge < -0.3 is 9.80 Å². The molecule has 27 heavy (non-hydrogen) atoms. The fourth-order valence-electron chi connectivity index (χ4n) is 4.00. The minimum absolute atomic E-state index is 0.323. The lowest BCUT2D eigenvalue weighted by molar-refractivity contribution is -0.131. The van der Waals surface area contributed by atoms with Gasteiger partial charge in [0.2, 0.25) is 5.91 Å². The highest BCUT2D eigenvalue weighted by molar-refractivity contribution is 5.76. The zero-order chi connectivity index (χ0) is 19.8. The Balaban J connectivity index is 1.86. The first kappa shape index (κ1) is 21.6. The van der Waals surface area contributed by atoms with Crippen molar-refractivity contribution in [2.75, 3.05) is 31.1 Å². The van der Waals surface area contributed by atoms with Crippen LogP contribution in [0.15, 0.2) is 0 Å². The van der Waals surface area contributed by atoms with Crippen molar-refractivity contribution in [2.24, 2.45) is 0 Å². The van der Waals surface area contributed by atoms with Crippen molar-refractivity contribution in [1.82, 2.24) is 14.9 Å². The van der Waals surface area contributed by atoms with E-state index in [0.717, 1.165) is 49.9 Å². The van der Waals surface area contributed by atoms with Gasteiger partial charge in [-0.1, -0.05) is 52.9 Å². The molecule has 0 bridgehead atoms. The Labute approximate surface area is 165 Å². The smallest absolute Gasteiger partial charge is 0.222 e. The van der Waals surface area contributed by atoms with E-state index in [2.05, 4.69) is 37.6 Å². The van der Waals surface area contributed by atoms with E-state index in [9.17, 15) is 4.79 Å². The predicted octanol–water partition coefficient (Wildman–Crippen LogP) is 4.62. The molecule has 0 spiro atoms. The van der Waals surface area contributed by atoms with Gasteiger partial charge in [-0.15, -0.1) is 0 Å². The lowest BCUT2D eigenvalue weighted by Gasteiger charge is -2.37. The number of hydrogen-bond acceptors (Lipinski definition) is 4. The van der Waals surface area contributed by atoms with Gasteiger partial charge in [-0.25, -0.2) is 9.97 Å². The second-order valence-corrected chi connectivity index (χ2v) is 8.13. The molecule has 5 heteroatoms. The summed E-state index contributed by atoms with van der Waals surface area (Å²) < 4.78 is 0. The predicted molar refractivity (Wildman–Crippen MR) is 112 cm³/mol. The normalized spacial score (nSPS) is 14.9.